The lowest BCUT2D eigenvalue weighted by atomic mass is 9.75. The van der Waals surface area contributed by atoms with Crippen LogP contribution in [0.4, 0.5) is 0 Å². The number of rotatable bonds is 2. The zero-order chi connectivity index (χ0) is 16.6. The number of amides is 1. The van der Waals surface area contributed by atoms with Gasteiger partial charge in [-0.25, -0.2) is 0 Å². The van der Waals surface area contributed by atoms with Gasteiger partial charge in [-0.1, -0.05) is 12.8 Å². The van der Waals surface area contributed by atoms with E-state index in [1.807, 2.05) is 30.1 Å². The van der Waals surface area contributed by atoms with E-state index in [9.17, 15) is 4.79 Å². The molecule has 2 fully saturated rings. The molecule has 1 saturated heterocycles. The van der Waals surface area contributed by atoms with Gasteiger partial charge in [-0.3, -0.25) is 9.69 Å². The van der Waals surface area contributed by atoms with Crippen LogP contribution in [0.2, 0.25) is 0 Å². The molecule has 2 aliphatic rings. The molecule has 0 radical (unpaired) electrons. The van der Waals surface area contributed by atoms with E-state index >= 15 is 0 Å². The first-order valence-electron chi connectivity index (χ1n) is 8.39. The molecule has 3 rings (SSSR count). The van der Waals surface area contributed by atoms with Gasteiger partial charge in [-0.2, -0.15) is 0 Å². The summed E-state index contributed by atoms with van der Waals surface area (Å²) in [5, 5.41) is 0. The molecule has 0 unspecified atom stereocenters. The fourth-order valence-corrected chi connectivity index (χ4v) is 5.13. The summed E-state index contributed by atoms with van der Waals surface area (Å²) in [6, 6.07) is 6.07. The van der Waals surface area contributed by atoms with Crippen LogP contribution in [-0.4, -0.2) is 47.9 Å². The molecule has 23 heavy (non-hydrogen) atoms. The number of hydrogen-bond acceptors (Lipinski definition) is 2. The Morgan fingerprint density at radius 1 is 1.22 bits per heavy atom. The number of benzene rings is 1. The van der Waals surface area contributed by atoms with Gasteiger partial charge in [0.05, 0.1) is 6.04 Å². The predicted molar refractivity (Wildman–Crippen MR) is 101 cm³/mol. The quantitative estimate of drug-likeness (QED) is 0.661. The molecule has 1 aliphatic heterocycles. The molecule has 1 spiro atoms. The van der Waals surface area contributed by atoms with E-state index in [-0.39, 0.29) is 11.4 Å². The molecule has 1 aromatic rings. The number of likely N-dealkylation sites (N-methyl/N-ethyl adjacent to an activating group) is 2. The van der Waals surface area contributed by atoms with Crippen molar-refractivity contribution < 1.29 is 4.79 Å². The second kappa shape index (κ2) is 6.85. The predicted octanol–water partition coefficient (Wildman–Crippen LogP) is 4.69. The Balaban J connectivity index is 1.86. The molecule has 1 amide bonds. The summed E-state index contributed by atoms with van der Waals surface area (Å²) in [7, 11) is 4.22. The molecule has 1 aliphatic carbocycles. The number of carbonyl (C=O) groups excluding carboxylic acids is 1. The first-order chi connectivity index (χ1) is 11.0. The van der Waals surface area contributed by atoms with Crippen LogP contribution in [0.3, 0.4) is 0 Å². The summed E-state index contributed by atoms with van der Waals surface area (Å²) in [6.45, 7) is 1.16. The fourth-order valence-electron chi connectivity index (χ4n) is 4.51. The van der Waals surface area contributed by atoms with Crippen LogP contribution < -0.4 is 0 Å². The van der Waals surface area contributed by atoms with Crippen LogP contribution in [0, 0.1) is 0 Å². The van der Waals surface area contributed by atoms with E-state index in [0.717, 1.165) is 27.5 Å². The van der Waals surface area contributed by atoms with Crippen molar-refractivity contribution >= 4 is 37.8 Å². The van der Waals surface area contributed by atoms with Crippen LogP contribution in [0.25, 0.3) is 0 Å². The minimum absolute atomic E-state index is 0.129. The molecule has 1 heterocycles. The summed E-state index contributed by atoms with van der Waals surface area (Å²) < 4.78 is 1.90. The zero-order valence-corrected chi connectivity index (χ0v) is 17.0. The molecule has 5 heteroatoms. The van der Waals surface area contributed by atoms with Crippen LogP contribution in [0.1, 0.15) is 48.9 Å². The largest absolute Gasteiger partial charge is 0.337 e. The normalized spacial score (nSPS) is 28.3. The maximum atomic E-state index is 13.0. The average molecular weight is 444 g/mol. The number of halogens is 2. The maximum absolute atomic E-state index is 13.0. The van der Waals surface area contributed by atoms with E-state index in [2.05, 4.69) is 43.8 Å². The molecule has 1 saturated carbocycles. The van der Waals surface area contributed by atoms with Gasteiger partial charge in [-0.15, -0.1) is 0 Å². The van der Waals surface area contributed by atoms with Gasteiger partial charge in [-0.05, 0) is 89.3 Å². The van der Waals surface area contributed by atoms with Gasteiger partial charge in [0.25, 0.3) is 5.91 Å². The molecule has 126 valence electrons. The van der Waals surface area contributed by atoms with E-state index in [0.29, 0.717) is 6.04 Å². The Hall–Kier alpha value is -0.390. The Morgan fingerprint density at radius 2 is 1.96 bits per heavy atom. The minimum Gasteiger partial charge on any atom is -0.337 e. The highest BCUT2D eigenvalue weighted by atomic mass is 79.9. The lowest BCUT2D eigenvalue weighted by Crippen LogP contribution is -2.60. The smallest absolute Gasteiger partial charge is 0.253 e. The molecular weight excluding hydrogens is 420 g/mol. The van der Waals surface area contributed by atoms with Crippen molar-refractivity contribution in [2.75, 3.05) is 20.6 Å². The molecule has 0 N–H and O–H groups in total. The lowest BCUT2D eigenvalue weighted by Gasteiger charge is -2.49. The van der Waals surface area contributed by atoms with Gasteiger partial charge >= 0.3 is 0 Å². The highest BCUT2D eigenvalue weighted by molar-refractivity contribution is 9.13. The summed E-state index contributed by atoms with van der Waals surface area (Å²) in [4.78, 5) is 17.5. The number of likely N-dealkylation sites (tertiary alicyclic amines) is 1. The topological polar surface area (TPSA) is 23.6 Å². The number of carbonyl (C=O) groups is 1. The summed E-state index contributed by atoms with van der Waals surface area (Å²) in [5.74, 6) is 0.129. The van der Waals surface area contributed by atoms with E-state index in [4.69, 9.17) is 0 Å². The molecule has 0 bridgehead atoms. The Bertz CT molecular complexity index is 607. The second-order valence-electron chi connectivity index (χ2n) is 6.94. The lowest BCUT2D eigenvalue weighted by molar-refractivity contribution is 0.0158. The Morgan fingerprint density at radius 3 is 2.61 bits per heavy atom. The molecule has 0 aromatic heterocycles. The minimum atomic E-state index is 0.129. The van der Waals surface area contributed by atoms with Crippen molar-refractivity contribution in [2.45, 2.75) is 50.1 Å². The molecular formula is C18H24Br2N2O. The van der Waals surface area contributed by atoms with E-state index in [1.54, 1.807) is 0 Å². The van der Waals surface area contributed by atoms with Crippen molar-refractivity contribution in [3.63, 3.8) is 0 Å². The third-order valence-electron chi connectivity index (χ3n) is 5.78. The zero-order valence-electron chi connectivity index (χ0n) is 13.8. The van der Waals surface area contributed by atoms with Crippen LogP contribution in [0.5, 0.6) is 0 Å². The number of nitrogens with zero attached hydrogens (tertiary/aromatic N) is 2. The van der Waals surface area contributed by atoms with Crippen molar-refractivity contribution in [1.82, 2.24) is 9.80 Å². The molecule has 3 nitrogen and oxygen atoms in total. The highest BCUT2D eigenvalue weighted by Gasteiger charge is 2.48. The highest BCUT2D eigenvalue weighted by Crippen LogP contribution is 2.43. The Labute approximate surface area is 155 Å². The van der Waals surface area contributed by atoms with Crippen LogP contribution >= 0.6 is 31.9 Å². The summed E-state index contributed by atoms with van der Waals surface area (Å²) >= 11 is 6.97. The van der Waals surface area contributed by atoms with Gasteiger partial charge in [0.1, 0.15) is 0 Å². The van der Waals surface area contributed by atoms with E-state index < -0.39 is 0 Å². The van der Waals surface area contributed by atoms with Crippen LogP contribution in [-0.2, 0) is 0 Å². The van der Waals surface area contributed by atoms with E-state index in [1.165, 1.54) is 32.1 Å². The third kappa shape index (κ3) is 3.12. The third-order valence-corrected chi connectivity index (χ3v) is 7.66. The van der Waals surface area contributed by atoms with Crippen LogP contribution in [0.15, 0.2) is 27.1 Å². The number of hydrogen-bond donors (Lipinski definition) is 0. The van der Waals surface area contributed by atoms with Crippen molar-refractivity contribution in [1.29, 1.82) is 0 Å². The first kappa shape index (κ1) is 17.4. The maximum Gasteiger partial charge on any atom is 0.253 e. The first-order valence-corrected chi connectivity index (χ1v) is 9.98. The second-order valence-corrected chi connectivity index (χ2v) is 8.64. The van der Waals surface area contributed by atoms with Gasteiger partial charge in [0.2, 0.25) is 0 Å². The standard InChI is InChI=1S/C18H24Br2N2O/c1-21-11-5-10-18(21)9-4-3-6-16(18)22(2)17(23)13-7-8-14(19)15(20)12-13/h7-8,12,16H,3-6,9-11H2,1-2H3/t16-,18+/m0/s1. The molecule has 1 aromatic carbocycles. The molecule has 2 atom stereocenters. The summed E-state index contributed by atoms with van der Waals surface area (Å²) in [5.41, 5.74) is 0.943. The van der Waals surface area contributed by atoms with Gasteiger partial charge < -0.3 is 4.90 Å². The SMILES string of the molecule is CN(C(=O)c1ccc(Br)c(Br)c1)[C@H]1CCCC[C@@]12CCCN2C. The van der Waals surface area contributed by atoms with Gasteiger partial charge in [0.15, 0.2) is 0 Å². The van der Waals surface area contributed by atoms with Crippen molar-refractivity contribution in [3.8, 4) is 0 Å². The summed E-state index contributed by atoms with van der Waals surface area (Å²) in [6.07, 6.45) is 7.31. The monoisotopic (exact) mass is 442 g/mol. The Kier molecular flexibility index (Phi) is 5.19. The van der Waals surface area contributed by atoms with Gasteiger partial charge in [0, 0.05) is 27.1 Å². The van der Waals surface area contributed by atoms with Crippen molar-refractivity contribution in [2.24, 2.45) is 0 Å². The van der Waals surface area contributed by atoms with Crippen molar-refractivity contribution in [3.05, 3.63) is 32.7 Å². The fraction of sp³-hybridized carbons (Fsp3) is 0.611. The average Bonchev–Trinajstić information content (AvgIpc) is 2.90.